The first-order chi connectivity index (χ1) is 11.0. The van der Waals surface area contributed by atoms with Crippen LogP contribution in [0.3, 0.4) is 0 Å². The average Bonchev–Trinajstić information content (AvgIpc) is 3.38. The first-order valence-electron chi connectivity index (χ1n) is 7.24. The number of carbonyl (C=O) groups excluding carboxylic acids is 2. The predicted octanol–water partition coefficient (Wildman–Crippen LogP) is 3.36. The molecule has 2 aromatic carbocycles. The largest absolute Gasteiger partial charge is 0.508 e. The lowest BCUT2D eigenvalue weighted by atomic mass is 9.99. The minimum absolute atomic E-state index is 0.00779. The fraction of sp³-hybridized carbons (Fsp3) is 0.158. The Labute approximate surface area is 132 Å². The fourth-order valence-electron chi connectivity index (χ4n) is 2.04. The normalized spacial score (nSPS) is 13.1. The molecule has 114 valence electrons. The number of phenolic OH excluding ortho intramolecular Hbond substituents is 1. The van der Waals surface area contributed by atoms with Crippen LogP contribution in [-0.4, -0.2) is 16.7 Å². The van der Waals surface area contributed by atoms with Crippen molar-refractivity contribution < 1.29 is 19.1 Å². The van der Waals surface area contributed by atoms with Crippen LogP contribution >= 0.6 is 0 Å². The van der Waals surface area contributed by atoms with E-state index < -0.39 is 17.4 Å². The number of rotatable bonds is 3. The van der Waals surface area contributed by atoms with E-state index in [1.165, 1.54) is 36.4 Å². The van der Waals surface area contributed by atoms with E-state index in [2.05, 4.69) is 11.8 Å². The van der Waals surface area contributed by atoms with E-state index in [9.17, 15) is 19.1 Å². The van der Waals surface area contributed by atoms with E-state index in [4.69, 9.17) is 0 Å². The van der Waals surface area contributed by atoms with Crippen molar-refractivity contribution in [2.75, 3.05) is 0 Å². The molecule has 0 bridgehead atoms. The molecule has 3 rings (SSSR count). The van der Waals surface area contributed by atoms with E-state index >= 15 is 0 Å². The van der Waals surface area contributed by atoms with E-state index in [0.29, 0.717) is 5.92 Å². The van der Waals surface area contributed by atoms with Gasteiger partial charge in [0.15, 0.2) is 0 Å². The molecule has 4 heteroatoms. The van der Waals surface area contributed by atoms with E-state index in [1.54, 1.807) is 0 Å². The number of hydrogen-bond donors (Lipinski definition) is 1. The van der Waals surface area contributed by atoms with Crippen LogP contribution in [0.2, 0.25) is 0 Å². The number of carbonyl (C=O) groups is 2. The molecule has 3 nitrogen and oxygen atoms in total. The molecule has 0 unspecified atom stereocenters. The van der Waals surface area contributed by atoms with Crippen LogP contribution < -0.4 is 0 Å². The lowest BCUT2D eigenvalue weighted by Gasteiger charge is -2.03. The summed E-state index contributed by atoms with van der Waals surface area (Å²) in [6, 6.07) is 9.13. The molecule has 1 N–H and O–H groups in total. The maximum absolute atomic E-state index is 13.7. The van der Waals surface area contributed by atoms with Crippen molar-refractivity contribution >= 4 is 11.6 Å². The highest BCUT2D eigenvalue weighted by molar-refractivity contribution is 6.49. The van der Waals surface area contributed by atoms with Crippen LogP contribution in [0.4, 0.5) is 4.39 Å². The number of Topliss-reactive ketones (excluding diaryl/α,β-unsaturated/α-hetero) is 2. The van der Waals surface area contributed by atoms with Crippen molar-refractivity contribution in [2.24, 2.45) is 5.92 Å². The van der Waals surface area contributed by atoms with Gasteiger partial charge < -0.3 is 5.11 Å². The standard InChI is InChI=1S/C19H13FO3/c20-17-10-7-15(11-14(17)4-3-12-1-2-12)19(23)18(22)13-5-8-16(21)9-6-13/h5-12,21H,1-2H2. The molecule has 0 aliphatic heterocycles. The van der Waals surface area contributed by atoms with Crippen LogP contribution in [-0.2, 0) is 0 Å². The van der Waals surface area contributed by atoms with Crippen molar-refractivity contribution in [1.29, 1.82) is 0 Å². The summed E-state index contributed by atoms with van der Waals surface area (Å²) in [6.07, 6.45) is 2.04. The van der Waals surface area contributed by atoms with Gasteiger partial charge in [-0.3, -0.25) is 9.59 Å². The van der Waals surface area contributed by atoms with Crippen LogP contribution in [0.5, 0.6) is 5.75 Å². The van der Waals surface area contributed by atoms with Crippen molar-refractivity contribution in [3.05, 3.63) is 65.0 Å². The minimum Gasteiger partial charge on any atom is -0.508 e. The molecule has 0 spiro atoms. The molecule has 0 radical (unpaired) electrons. The zero-order valence-corrected chi connectivity index (χ0v) is 12.2. The third-order valence-electron chi connectivity index (χ3n) is 3.55. The molecule has 1 aliphatic rings. The van der Waals surface area contributed by atoms with Gasteiger partial charge in [-0.25, -0.2) is 4.39 Å². The van der Waals surface area contributed by atoms with Gasteiger partial charge in [-0.1, -0.05) is 11.8 Å². The van der Waals surface area contributed by atoms with E-state index in [-0.39, 0.29) is 22.4 Å². The first kappa shape index (κ1) is 15.0. The molecule has 0 atom stereocenters. The molecule has 2 aromatic rings. The summed E-state index contributed by atoms with van der Waals surface area (Å²) in [7, 11) is 0. The van der Waals surface area contributed by atoms with Crippen LogP contribution in [0, 0.1) is 23.6 Å². The van der Waals surface area contributed by atoms with Crippen LogP contribution in [0.25, 0.3) is 0 Å². The summed E-state index contributed by atoms with van der Waals surface area (Å²) in [5.74, 6) is 4.04. The second kappa shape index (κ2) is 6.05. The first-order valence-corrected chi connectivity index (χ1v) is 7.24. The van der Waals surface area contributed by atoms with Crippen molar-refractivity contribution in [2.45, 2.75) is 12.8 Å². The molecule has 23 heavy (non-hydrogen) atoms. The van der Waals surface area contributed by atoms with Gasteiger partial charge in [-0.2, -0.15) is 0 Å². The van der Waals surface area contributed by atoms with Crippen LogP contribution in [0.1, 0.15) is 39.1 Å². The molecule has 0 amide bonds. The van der Waals surface area contributed by atoms with Gasteiger partial charge in [0.25, 0.3) is 0 Å². The lowest BCUT2D eigenvalue weighted by Crippen LogP contribution is -2.14. The fourth-order valence-corrected chi connectivity index (χ4v) is 2.04. The van der Waals surface area contributed by atoms with Gasteiger partial charge >= 0.3 is 0 Å². The van der Waals surface area contributed by atoms with Gasteiger partial charge in [0.1, 0.15) is 11.6 Å². The Balaban J connectivity index is 1.87. The Bertz CT molecular complexity index is 837. The maximum atomic E-state index is 13.7. The molecular formula is C19H13FO3. The zero-order valence-electron chi connectivity index (χ0n) is 12.2. The molecule has 0 aromatic heterocycles. The lowest BCUT2D eigenvalue weighted by molar-refractivity contribution is 0.0817. The molecular weight excluding hydrogens is 295 g/mol. The highest BCUT2D eigenvalue weighted by Gasteiger charge is 2.20. The van der Waals surface area contributed by atoms with Gasteiger partial charge in [-0.15, -0.1) is 0 Å². The topological polar surface area (TPSA) is 54.4 Å². The molecule has 1 aliphatic carbocycles. The Morgan fingerprint density at radius 2 is 1.61 bits per heavy atom. The van der Waals surface area contributed by atoms with Gasteiger partial charge in [0, 0.05) is 17.0 Å². The third kappa shape index (κ3) is 3.46. The second-order valence-electron chi connectivity index (χ2n) is 5.44. The molecule has 1 fully saturated rings. The average molecular weight is 308 g/mol. The summed E-state index contributed by atoms with van der Waals surface area (Å²) in [4.78, 5) is 24.4. The maximum Gasteiger partial charge on any atom is 0.233 e. The molecule has 1 saturated carbocycles. The second-order valence-corrected chi connectivity index (χ2v) is 5.44. The number of hydrogen-bond acceptors (Lipinski definition) is 3. The minimum atomic E-state index is -0.731. The van der Waals surface area contributed by atoms with Crippen molar-refractivity contribution in [1.82, 2.24) is 0 Å². The zero-order chi connectivity index (χ0) is 16.4. The number of ketones is 2. The summed E-state index contributed by atoms with van der Waals surface area (Å²) < 4.78 is 13.7. The molecule has 0 heterocycles. The third-order valence-corrected chi connectivity index (χ3v) is 3.55. The SMILES string of the molecule is O=C(C(=O)c1ccc(F)c(C#CC2CC2)c1)c1ccc(O)cc1. The van der Waals surface area contributed by atoms with Gasteiger partial charge in [0.2, 0.25) is 11.6 Å². The Hall–Kier alpha value is -2.93. The van der Waals surface area contributed by atoms with Crippen molar-refractivity contribution in [3.63, 3.8) is 0 Å². The number of halogens is 1. The van der Waals surface area contributed by atoms with Crippen LogP contribution in [0.15, 0.2) is 42.5 Å². The van der Waals surface area contributed by atoms with Crippen molar-refractivity contribution in [3.8, 4) is 17.6 Å². The highest BCUT2D eigenvalue weighted by atomic mass is 19.1. The smallest absolute Gasteiger partial charge is 0.233 e. The van der Waals surface area contributed by atoms with Gasteiger partial charge in [0.05, 0.1) is 5.56 Å². The van der Waals surface area contributed by atoms with E-state index in [0.717, 1.165) is 18.9 Å². The van der Waals surface area contributed by atoms with Gasteiger partial charge in [-0.05, 0) is 55.3 Å². The predicted molar refractivity (Wildman–Crippen MR) is 82.8 cm³/mol. The number of aromatic hydroxyl groups is 1. The highest BCUT2D eigenvalue weighted by Crippen LogP contribution is 2.27. The quantitative estimate of drug-likeness (QED) is 0.537. The number of benzene rings is 2. The monoisotopic (exact) mass is 308 g/mol. The Kier molecular flexibility index (Phi) is 3.94. The Morgan fingerprint density at radius 1 is 1.00 bits per heavy atom. The summed E-state index contributed by atoms with van der Waals surface area (Å²) >= 11 is 0. The summed E-state index contributed by atoms with van der Waals surface area (Å²) in [5, 5.41) is 9.22. The Morgan fingerprint density at radius 3 is 2.26 bits per heavy atom. The molecule has 0 saturated heterocycles. The number of phenols is 1. The summed E-state index contributed by atoms with van der Waals surface area (Å²) in [5.41, 5.74) is 0.397. The van der Waals surface area contributed by atoms with E-state index in [1.807, 2.05) is 0 Å². The summed E-state index contributed by atoms with van der Waals surface area (Å²) in [6.45, 7) is 0.